The molecule has 0 atom stereocenters. The molecule has 0 aliphatic heterocycles. The van der Waals surface area contributed by atoms with E-state index in [4.69, 9.17) is 0 Å². The normalized spacial score (nSPS) is 10.6. The summed E-state index contributed by atoms with van der Waals surface area (Å²) in [7, 11) is 1.83. The highest BCUT2D eigenvalue weighted by atomic mass is 16.2. The van der Waals surface area contributed by atoms with Gasteiger partial charge in [0.05, 0.1) is 0 Å². The summed E-state index contributed by atoms with van der Waals surface area (Å²) in [5, 5.41) is 0. The van der Waals surface area contributed by atoms with Crippen molar-refractivity contribution in [1.29, 1.82) is 0 Å². The van der Waals surface area contributed by atoms with Gasteiger partial charge in [0.15, 0.2) is 0 Å². The number of hydrogen-bond acceptors (Lipinski definition) is 4. The van der Waals surface area contributed by atoms with Crippen molar-refractivity contribution in [3.63, 3.8) is 0 Å². The molecule has 0 fully saturated rings. The van der Waals surface area contributed by atoms with Gasteiger partial charge in [-0.3, -0.25) is 4.79 Å². The van der Waals surface area contributed by atoms with Gasteiger partial charge in [-0.25, -0.2) is 9.97 Å². The molecule has 1 aromatic carbocycles. The van der Waals surface area contributed by atoms with E-state index < -0.39 is 0 Å². The number of benzene rings is 1. The van der Waals surface area contributed by atoms with Crippen LogP contribution in [0.15, 0.2) is 30.3 Å². The molecule has 1 heterocycles. The minimum atomic E-state index is -0.0551. The Labute approximate surface area is 150 Å². The van der Waals surface area contributed by atoms with E-state index in [9.17, 15) is 4.79 Å². The zero-order valence-electron chi connectivity index (χ0n) is 15.9. The van der Waals surface area contributed by atoms with Crippen molar-refractivity contribution in [3.8, 4) is 0 Å². The number of anilines is 2. The van der Waals surface area contributed by atoms with Crippen LogP contribution < -0.4 is 4.90 Å². The van der Waals surface area contributed by atoms with Crippen molar-refractivity contribution in [1.82, 2.24) is 14.9 Å². The zero-order valence-corrected chi connectivity index (χ0v) is 15.9. The first kappa shape index (κ1) is 18.9. The lowest BCUT2D eigenvalue weighted by Gasteiger charge is -2.24. The van der Waals surface area contributed by atoms with E-state index in [1.54, 1.807) is 11.0 Å². The van der Waals surface area contributed by atoms with Crippen molar-refractivity contribution >= 4 is 17.4 Å². The summed E-state index contributed by atoms with van der Waals surface area (Å²) >= 11 is 0. The number of unbranched alkanes of at least 4 members (excludes halogenated alkanes) is 1. The number of nitrogens with zero attached hydrogens (tertiary/aromatic N) is 4. The molecular formula is C20H28N4O. The predicted octanol–water partition coefficient (Wildman–Crippen LogP) is 4.12. The standard InChI is InChI=1S/C20H28N4O/c1-6-8-12-23(5)20(25)18-14-19(22-16(4)21-18)24(7-2)17-11-9-10-15(3)13-17/h9-11,13-14H,6-8,12H2,1-5H3. The summed E-state index contributed by atoms with van der Waals surface area (Å²) in [6, 6.07) is 10.1. The second-order valence-electron chi connectivity index (χ2n) is 6.32. The smallest absolute Gasteiger partial charge is 0.272 e. The summed E-state index contributed by atoms with van der Waals surface area (Å²) in [5.41, 5.74) is 2.71. The third kappa shape index (κ3) is 4.78. The summed E-state index contributed by atoms with van der Waals surface area (Å²) in [6.07, 6.45) is 2.05. The van der Waals surface area contributed by atoms with Gasteiger partial charge in [-0.2, -0.15) is 0 Å². The predicted molar refractivity (Wildman–Crippen MR) is 102 cm³/mol. The molecule has 0 bridgehead atoms. The Morgan fingerprint density at radius 1 is 1.12 bits per heavy atom. The molecule has 1 aromatic heterocycles. The number of amides is 1. The number of rotatable bonds is 7. The third-order valence-electron chi connectivity index (χ3n) is 4.14. The summed E-state index contributed by atoms with van der Waals surface area (Å²) in [4.78, 5) is 25.4. The summed E-state index contributed by atoms with van der Waals surface area (Å²) < 4.78 is 0. The largest absolute Gasteiger partial charge is 0.340 e. The first-order chi connectivity index (χ1) is 12.0. The van der Waals surface area contributed by atoms with E-state index in [1.807, 2.05) is 20.0 Å². The van der Waals surface area contributed by atoms with E-state index in [0.29, 0.717) is 11.5 Å². The van der Waals surface area contributed by atoms with Crippen LogP contribution in [0.3, 0.4) is 0 Å². The lowest BCUT2D eigenvalue weighted by molar-refractivity contribution is 0.0787. The highest BCUT2D eigenvalue weighted by molar-refractivity contribution is 5.93. The highest BCUT2D eigenvalue weighted by Crippen LogP contribution is 2.25. The topological polar surface area (TPSA) is 49.3 Å². The molecule has 2 rings (SSSR count). The lowest BCUT2D eigenvalue weighted by Crippen LogP contribution is -2.29. The SMILES string of the molecule is CCCCN(C)C(=O)c1cc(N(CC)c2cccc(C)c2)nc(C)n1. The van der Waals surface area contributed by atoms with Crippen molar-refractivity contribution < 1.29 is 4.79 Å². The molecule has 0 spiro atoms. The van der Waals surface area contributed by atoms with Gasteiger partial charge in [0.2, 0.25) is 0 Å². The second kappa shape index (κ2) is 8.60. The van der Waals surface area contributed by atoms with Crippen LogP contribution in [0.25, 0.3) is 0 Å². The third-order valence-corrected chi connectivity index (χ3v) is 4.14. The number of carbonyl (C=O) groups is 1. The molecule has 1 amide bonds. The molecule has 0 N–H and O–H groups in total. The zero-order chi connectivity index (χ0) is 18.4. The first-order valence-electron chi connectivity index (χ1n) is 8.91. The maximum Gasteiger partial charge on any atom is 0.272 e. The maximum atomic E-state index is 12.7. The fourth-order valence-corrected chi connectivity index (χ4v) is 2.76. The highest BCUT2D eigenvalue weighted by Gasteiger charge is 2.17. The van der Waals surface area contributed by atoms with Gasteiger partial charge in [-0.05, 0) is 44.9 Å². The number of hydrogen-bond donors (Lipinski definition) is 0. The Morgan fingerprint density at radius 2 is 1.88 bits per heavy atom. The lowest BCUT2D eigenvalue weighted by atomic mass is 10.2. The van der Waals surface area contributed by atoms with Crippen LogP contribution in [-0.4, -0.2) is 40.9 Å². The fourth-order valence-electron chi connectivity index (χ4n) is 2.76. The van der Waals surface area contributed by atoms with Gasteiger partial charge in [0.25, 0.3) is 5.91 Å². The van der Waals surface area contributed by atoms with E-state index in [2.05, 4.69) is 53.8 Å². The van der Waals surface area contributed by atoms with Crippen LogP contribution in [0.2, 0.25) is 0 Å². The molecule has 134 valence electrons. The van der Waals surface area contributed by atoms with E-state index in [0.717, 1.165) is 37.4 Å². The molecule has 0 radical (unpaired) electrons. The quantitative estimate of drug-likeness (QED) is 0.760. The number of aromatic nitrogens is 2. The average molecular weight is 340 g/mol. The first-order valence-corrected chi connectivity index (χ1v) is 8.91. The molecule has 25 heavy (non-hydrogen) atoms. The maximum absolute atomic E-state index is 12.7. The van der Waals surface area contributed by atoms with Crippen molar-refractivity contribution in [2.45, 2.75) is 40.5 Å². The summed E-state index contributed by atoms with van der Waals surface area (Å²) in [5.74, 6) is 1.31. The van der Waals surface area contributed by atoms with Crippen molar-refractivity contribution in [2.75, 3.05) is 25.0 Å². The van der Waals surface area contributed by atoms with Crippen LogP contribution in [-0.2, 0) is 0 Å². The van der Waals surface area contributed by atoms with Crippen molar-refractivity contribution in [2.24, 2.45) is 0 Å². The van der Waals surface area contributed by atoms with Gasteiger partial charge >= 0.3 is 0 Å². The molecule has 0 aliphatic rings. The van der Waals surface area contributed by atoms with Crippen LogP contribution in [0.1, 0.15) is 48.6 Å². The van der Waals surface area contributed by atoms with E-state index >= 15 is 0 Å². The van der Waals surface area contributed by atoms with Gasteiger partial charge in [0, 0.05) is 31.9 Å². The molecule has 0 aliphatic carbocycles. The van der Waals surface area contributed by atoms with Gasteiger partial charge in [-0.15, -0.1) is 0 Å². The van der Waals surface area contributed by atoms with Crippen molar-refractivity contribution in [3.05, 3.63) is 47.4 Å². The van der Waals surface area contributed by atoms with Gasteiger partial charge < -0.3 is 9.80 Å². The molecule has 0 saturated heterocycles. The Balaban J connectivity index is 2.35. The Kier molecular flexibility index (Phi) is 6.51. The van der Waals surface area contributed by atoms with E-state index in [1.165, 1.54) is 5.56 Å². The van der Waals surface area contributed by atoms with Crippen LogP contribution in [0, 0.1) is 13.8 Å². The monoisotopic (exact) mass is 340 g/mol. The minimum Gasteiger partial charge on any atom is -0.340 e. The van der Waals surface area contributed by atoms with E-state index in [-0.39, 0.29) is 5.91 Å². The summed E-state index contributed by atoms with van der Waals surface area (Å²) in [6.45, 7) is 9.60. The van der Waals surface area contributed by atoms with Gasteiger partial charge in [-0.1, -0.05) is 25.5 Å². The second-order valence-corrected chi connectivity index (χ2v) is 6.32. The molecule has 2 aromatic rings. The van der Waals surface area contributed by atoms with Crippen LogP contribution in [0.5, 0.6) is 0 Å². The Hall–Kier alpha value is -2.43. The Morgan fingerprint density at radius 3 is 2.52 bits per heavy atom. The molecule has 5 heteroatoms. The molecule has 0 saturated carbocycles. The van der Waals surface area contributed by atoms with Gasteiger partial charge in [0.1, 0.15) is 17.3 Å². The molecular weight excluding hydrogens is 312 g/mol. The van der Waals surface area contributed by atoms with Crippen LogP contribution in [0.4, 0.5) is 11.5 Å². The number of aryl methyl sites for hydroxylation is 2. The Bertz CT molecular complexity index is 729. The molecule has 5 nitrogen and oxygen atoms in total. The average Bonchev–Trinajstić information content (AvgIpc) is 2.59. The molecule has 0 unspecified atom stereocenters. The minimum absolute atomic E-state index is 0.0551. The number of carbonyl (C=O) groups excluding carboxylic acids is 1. The fraction of sp³-hybridized carbons (Fsp3) is 0.450. The van der Waals surface area contributed by atoms with Crippen LogP contribution >= 0.6 is 0 Å².